The predicted molar refractivity (Wildman–Crippen MR) is 183 cm³/mol. The van der Waals surface area contributed by atoms with Crippen LogP contribution in [0.15, 0.2) is 162 Å². The van der Waals surface area contributed by atoms with Gasteiger partial charge in [-0.1, -0.05) is 151 Å². The molecular formula is C42H26O. The molecule has 200 valence electrons. The maximum atomic E-state index is 9.57. The summed E-state index contributed by atoms with van der Waals surface area (Å²) in [5.41, 5.74) is -5.58. The van der Waals surface area contributed by atoms with Gasteiger partial charge in [-0.3, -0.25) is 0 Å². The van der Waals surface area contributed by atoms with E-state index < -0.39 is 245 Å². The van der Waals surface area contributed by atoms with E-state index in [1.54, 1.807) is 0 Å². The number of para-hydroxylation sites is 2. The first kappa shape index (κ1) is 9.69. The second kappa shape index (κ2) is 9.44. The zero-order chi connectivity index (χ0) is 51.0. The first-order valence-corrected chi connectivity index (χ1v) is 12.7. The van der Waals surface area contributed by atoms with Gasteiger partial charge >= 0.3 is 0 Å². The maximum Gasteiger partial charge on any atom is 0.143 e. The van der Waals surface area contributed by atoms with E-state index in [1.165, 1.54) is 0 Å². The monoisotopic (exact) mass is 572 g/mol. The van der Waals surface area contributed by atoms with E-state index in [9.17, 15) is 9.60 Å². The van der Waals surface area contributed by atoms with Crippen molar-refractivity contribution in [2.24, 2.45) is 0 Å². The van der Waals surface area contributed by atoms with Gasteiger partial charge in [0, 0.05) is 21.9 Å². The fraction of sp³-hybridized carbons (Fsp3) is 0. The van der Waals surface area contributed by atoms with E-state index >= 15 is 0 Å². The largest absolute Gasteiger partial charge is 0.455 e. The lowest BCUT2D eigenvalue weighted by Gasteiger charge is -2.12. The number of furan rings is 1. The highest BCUT2D eigenvalue weighted by Gasteiger charge is 2.16. The Kier molecular flexibility index (Phi) is 2.13. The van der Waals surface area contributed by atoms with Gasteiger partial charge in [-0.05, 0) is 60.6 Å². The summed E-state index contributed by atoms with van der Waals surface area (Å²) in [5, 5.41) is -3.92. The van der Waals surface area contributed by atoms with Gasteiger partial charge in [-0.15, -0.1) is 0 Å². The van der Waals surface area contributed by atoms with Gasteiger partial charge in [-0.2, -0.15) is 0 Å². The van der Waals surface area contributed by atoms with Gasteiger partial charge in [0.1, 0.15) is 11.2 Å². The summed E-state index contributed by atoms with van der Waals surface area (Å²) in [6.07, 6.45) is 0. The number of rotatable bonds is 3. The maximum absolute atomic E-state index is 9.57. The van der Waals surface area contributed by atoms with Crippen LogP contribution in [0.3, 0.4) is 0 Å². The molecule has 1 heteroatoms. The lowest BCUT2D eigenvalue weighted by Crippen LogP contribution is -1.85. The lowest BCUT2D eigenvalue weighted by molar-refractivity contribution is 0.671. The Morgan fingerprint density at radius 1 is 0.302 bits per heavy atom. The molecule has 1 nitrogen and oxygen atoms in total. The smallest absolute Gasteiger partial charge is 0.143 e. The normalized spacial score (nSPS) is 20.2. The molecule has 0 bridgehead atoms. The van der Waals surface area contributed by atoms with Crippen LogP contribution < -0.4 is 0 Å². The molecule has 0 aliphatic rings. The Balaban J connectivity index is 1.44. The Hall–Kier alpha value is -5.66. The summed E-state index contributed by atoms with van der Waals surface area (Å²) in [6, 6.07) is -22.5. The molecule has 0 fully saturated rings. The minimum atomic E-state index is -1.03. The summed E-state index contributed by atoms with van der Waals surface area (Å²) < 4.78 is 235. The number of hydrogen-bond acceptors (Lipinski definition) is 1. The Morgan fingerprint density at radius 3 is 1.30 bits per heavy atom. The first-order chi connectivity index (χ1) is 32.2. The number of hydrogen-bond donors (Lipinski definition) is 0. The van der Waals surface area contributed by atoms with Crippen LogP contribution >= 0.6 is 0 Å². The summed E-state index contributed by atoms with van der Waals surface area (Å²) in [5.74, 6) is 0. The van der Waals surface area contributed by atoms with E-state index in [0.717, 1.165) is 0 Å². The van der Waals surface area contributed by atoms with Crippen LogP contribution in [-0.4, -0.2) is 0 Å². The van der Waals surface area contributed by atoms with E-state index in [0.29, 0.717) is 0 Å². The molecule has 0 radical (unpaired) electrons. The molecular weight excluding hydrogens is 520 g/mol. The average Bonchev–Trinajstić information content (AvgIpc) is 3.72. The molecule has 0 spiro atoms. The van der Waals surface area contributed by atoms with Gasteiger partial charge in [-0.25, -0.2) is 0 Å². The molecule has 0 saturated carbocycles. The van der Waals surface area contributed by atoms with E-state index in [4.69, 9.17) is 30.5 Å². The van der Waals surface area contributed by atoms with Crippen molar-refractivity contribution >= 4 is 54.3 Å². The van der Waals surface area contributed by atoms with Crippen molar-refractivity contribution in [3.05, 3.63) is 157 Å². The zero-order valence-electron chi connectivity index (χ0n) is 47.4. The summed E-state index contributed by atoms with van der Waals surface area (Å²) in [7, 11) is 0. The van der Waals surface area contributed by atoms with Crippen molar-refractivity contribution in [3.8, 4) is 33.4 Å². The van der Waals surface area contributed by atoms with E-state index in [2.05, 4.69) is 0 Å². The molecule has 0 saturated heterocycles. The van der Waals surface area contributed by atoms with Crippen LogP contribution in [0.4, 0.5) is 0 Å². The minimum absolute atomic E-state index is 0.435. The van der Waals surface area contributed by atoms with E-state index in [1.807, 2.05) is 0 Å². The summed E-state index contributed by atoms with van der Waals surface area (Å²) in [4.78, 5) is 0. The van der Waals surface area contributed by atoms with Crippen LogP contribution in [0, 0.1) is 0 Å². The minimum Gasteiger partial charge on any atom is -0.455 e. The molecule has 0 unspecified atom stereocenters. The molecule has 0 N–H and O–H groups in total. The Morgan fingerprint density at radius 2 is 0.721 bits per heavy atom. The molecule has 8 aromatic carbocycles. The van der Waals surface area contributed by atoms with Crippen molar-refractivity contribution in [2.75, 3.05) is 0 Å². The van der Waals surface area contributed by atoms with Crippen molar-refractivity contribution in [1.82, 2.24) is 0 Å². The lowest BCUT2D eigenvalue weighted by atomic mass is 9.91. The van der Waals surface area contributed by atoms with Crippen LogP contribution in [0.1, 0.15) is 35.6 Å². The number of fused-ring (bicyclic) bond motifs is 9. The van der Waals surface area contributed by atoms with Gasteiger partial charge < -0.3 is 4.42 Å². The Bertz CT molecular complexity index is 3860. The third-order valence-corrected chi connectivity index (χ3v) is 6.92. The fourth-order valence-corrected chi connectivity index (χ4v) is 5.02. The van der Waals surface area contributed by atoms with Gasteiger partial charge in [0.2, 0.25) is 0 Å². The van der Waals surface area contributed by atoms with Crippen molar-refractivity contribution < 1.29 is 40.1 Å². The average molecular weight is 573 g/mol. The second-order valence-corrected chi connectivity index (χ2v) is 9.26. The third kappa shape index (κ3) is 3.72. The molecule has 9 rings (SSSR count). The fourth-order valence-electron chi connectivity index (χ4n) is 5.02. The molecule has 0 amide bonds. The van der Waals surface area contributed by atoms with Crippen molar-refractivity contribution in [2.45, 2.75) is 0 Å². The second-order valence-electron chi connectivity index (χ2n) is 9.26. The highest BCUT2D eigenvalue weighted by atomic mass is 16.3. The Labute approximate surface area is 285 Å². The molecule has 0 aliphatic heterocycles. The topological polar surface area (TPSA) is 13.1 Å². The predicted octanol–water partition coefficient (Wildman–Crippen LogP) is 12.0. The van der Waals surface area contributed by atoms with Crippen LogP contribution in [-0.2, 0) is 0 Å². The SMILES string of the molecule is [2H]c1c([2H])c([2H])c(-c2c([2H])c([2H])c([2H])c3c2oc2c(-c4c([2H])c([2H])c(-c5c([2H])c([2H])c6c7c([2H])c([2H])c([2H])c([2H])c7c7c([2H])c([2H])c([2H])c([2H])c7c6c5[2H])c([2H])c4[2H])c([2H])c([2H])c([2H])c23)c([2H])c1[2H]. The first-order valence-electron chi connectivity index (χ1n) is 25.7. The zero-order valence-corrected chi connectivity index (χ0v) is 21.4. The van der Waals surface area contributed by atoms with Gasteiger partial charge in [0.15, 0.2) is 0 Å². The molecule has 1 heterocycles. The van der Waals surface area contributed by atoms with Crippen LogP contribution in [0.2, 0.25) is 0 Å². The quantitative estimate of drug-likeness (QED) is 0.192. The third-order valence-electron chi connectivity index (χ3n) is 6.92. The standard InChI is InChI=1S/C42H26O/c1-2-10-28(11-3-1)31-16-8-18-38-39-19-9-17-32(42(39)43-41(31)38)29-22-20-27(21-23-29)30-24-25-37-35-14-5-4-12-33(35)34-13-6-7-15-36(34)40(37)26-30/h1-26H/i1D,2D,3D,4D,5D,6D,7D,8D,9D,10D,11D,12D,13D,14D,15D,16D,17D,18D,19D,20D,21D,22D,23D,24D,25D,26D. The summed E-state index contributed by atoms with van der Waals surface area (Å²) >= 11 is 0. The summed E-state index contributed by atoms with van der Waals surface area (Å²) in [6.45, 7) is 0. The van der Waals surface area contributed by atoms with Gasteiger partial charge in [0.25, 0.3) is 0 Å². The van der Waals surface area contributed by atoms with Crippen molar-refractivity contribution in [1.29, 1.82) is 0 Å². The van der Waals surface area contributed by atoms with E-state index in [-0.39, 0.29) is 0 Å². The highest BCUT2D eigenvalue weighted by Crippen LogP contribution is 2.41. The molecule has 0 atom stereocenters. The van der Waals surface area contributed by atoms with Crippen LogP contribution in [0.5, 0.6) is 0 Å². The van der Waals surface area contributed by atoms with Crippen molar-refractivity contribution in [3.63, 3.8) is 0 Å². The number of benzene rings is 8. The molecule has 43 heavy (non-hydrogen) atoms. The highest BCUT2D eigenvalue weighted by molar-refractivity contribution is 6.25. The molecule has 0 aliphatic carbocycles. The molecule has 9 aromatic rings. The van der Waals surface area contributed by atoms with Crippen LogP contribution in [0.25, 0.3) is 87.6 Å². The van der Waals surface area contributed by atoms with Gasteiger partial charge in [0.05, 0.1) is 35.6 Å². The molecule has 1 aromatic heterocycles.